The van der Waals surface area contributed by atoms with Crippen molar-refractivity contribution in [1.82, 2.24) is 19.6 Å². The minimum absolute atomic E-state index is 0.357. The molecule has 1 N–H and O–H groups in total. The van der Waals surface area contributed by atoms with Crippen LogP contribution in [0.3, 0.4) is 0 Å². The summed E-state index contributed by atoms with van der Waals surface area (Å²) >= 11 is 0. The first-order valence-electron chi connectivity index (χ1n) is 8.30. The van der Waals surface area contributed by atoms with E-state index in [9.17, 15) is 5.11 Å². The van der Waals surface area contributed by atoms with Crippen molar-refractivity contribution in [2.75, 3.05) is 32.8 Å². The van der Waals surface area contributed by atoms with E-state index in [4.69, 9.17) is 0 Å². The lowest BCUT2D eigenvalue weighted by Gasteiger charge is -2.42. The first-order valence-corrected chi connectivity index (χ1v) is 8.30. The lowest BCUT2D eigenvalue weighted by molar-refractivity contribution is 0.0521. The average Bonchev–Trinajstić information content (AvgIpc) is 2.93. The number of rotatable bonds is 4. The zero-order valence-electron chi connectivity index (χ0n) is 13.1. The summed E-state index contributed by atoms with van der Waals surface area (Å²) in [7, 11) is 2.02. The Kier molecular flexibility index (Phi) is 4.93. The Morgan fingerprint density at radius 2 is 2.05 bits per heavy atom. The van der Waals surface area contributed by atoms with Crippen LogP contribution < -0.4 is 0 Å². The van der Waals surface area contributed by atoms with Gasteiger partial charge in [-0.05, 0) is 44.2 Å². The number of aryl methyl sites for hydroxylation is 1. The molecule has 0 aliphatic carbocycles. The molecule has 21 heavy (non-hydrogen) atoms. The van der Waals surface area contributed by atoms with Gasteiger partial charge in [-0.25, -0.2) is 0 Å². The van der Waals surface area contributed by atoms with Crippen LogP contribution in [0.5, 0.6) is 0 Å². The SMILES string of the molecule is Cn1nccc1CN1CCC(N2CCC[C@H](CO)C2)CC1. The van der Waals surface area contributed by atoms with Crippen molar-refractivity contribution in [3.05, 3.63) is 18.0 Å². The van der Waals surface area contributed by atoms with Crippen LogP contribution in [0.4, 0.5) is 0 Å². The van der Waals surface area contributed by atoms with Crippen molar-refractivity contribution in [2.45, 2.75) is 38.3 Å². The van der Waals surface area contributed by atoms with E-state index in [1.54, 1.807) is 0 Å². The van der Waals surface area contributed by atoms with E-state index in [1.165, 1.54) is 51.0 Å². The Balaban J connectivity index is 1.47. The zero-order chi connectivity index (χ0) is 14.7. The van der Waals surface area contributed by atoms with Gasteiger partial charge in [-0.3, -0.25) is 14.5 Å². The molecule has 0 saturated carbocycles. The minimum atomic E-state index is 0.357. The molecule has 2 aliphatic heterocycles. The molecule has 2 aliphatic rings. The van der Waals surface area contributed by atoms with Crippen molar-refractivity contribution in [1.29, 1.82) is 0 Å². The van der Waals surface area contributed by atoms with E-state index in [1.807, 2.05) is 17.9 Å². The molecular formula is C16H28N4O. The summed E-state index contributed by atoms with van der Waals surface area (Å²) < 4.78 is 1.97. The molecule has 0 radical (unpaired) electrons. The van der Waals surface area contributed by atoms with Crippen LogP contribution in [0.15, 0.2) is 12.3 Å². The monoisotopic (exact) mass is 292 g/mol. The van der Waals surface area contributed by atoms with Crippen molar-refractivity contribution in [2.24, 2.45) is 13.0 Å². The normalized spacial score (nSPS) is 26.3. The number of likely N-dealkylation sites (tertiary alicyclic amines) is 2. The highest BCUT2D eigenvalue weighted by Gasteiger charge is 2.28. The Hall–Kier alpha value is -0.910. The van der Waals surface area contributed by atoms with E-state index in [0.29, 0.717) is 12.5 Å². The van der Waals surface area contributed by atoms with Crippen LogP contribution in [0.2, 0.25) is 0 Å². The van der Waals surface area contributed by atoms with Crippen molar-refractivity contribution in [3.8, 4) is 0 Å². The van der Waals surface area contributed by atoms with Crippen LogP contribution in [-0.2, 0) is 13.6 Å². The summed E-state index contributed by atoms with van der Waals surface area (Å²) in [6, 6.07) is 2.84. The fourth-order valence-electron chi connectivity index (χ4n) is 3.81. The second-order valence-electron chi connectivity index (χ2n) is 6.64. The molecule has 2 saturated heterocycles. The zero-order valence-corrected chi connectivity index (χ0v) is 13.1. The summed E-state index contributed by atoms with van der Waals surface area (Å²) in [6.07, 6.45) is 6.85. The standard InChI is InChI=1S/C16H28N4O/c1-18-16(4-7-17-18)12-19-9-5-15(6-10-19)20-8-2-3-14(11-20)13-21/h4,7,14-15,21H,2-3,5-6,8-13H2,1H3/t14-/m0/s1. The molecule has 5 nitrogen and oxygen atoms in total. The highest BCUT2D eigenvalue weighted by molar-refractivity contribution is 5.00. The Morgan fingerprint density at radius 3 is 2.71 bits per heavy atom. The molecule has 0 bridgehead atoms. The number of piperidine rings is 2. The van der Waals surface area contributed by atoms with Gasteiger partial charge in [-0.1, -0.05) is 0 Å². The van der Waals surface area contributed by atoms with E-state index in [0.717, 1.165) is 19.1 Å². The van der Waals surface area contributed by atoms with Crippen LogP contribution >= 0.6 is 0 Å². The topological polar surface area (TPSA) is 44.5 Å². The number of nitrogens with zero attached hydrogens (tertiary/aromatic N) is 4. The molecule has 1 aromatic heterocycles. The molecule has 0 aromatic carbocycles. The van der Waals surface area contributed by atoms with Crippen molar-refractivity contribution >= 4 is 0 Å². The quantitative estimate of drug-likeness (QED) is 0.902. The largest absolute Gasteiger partial charge is 0.396 e. The Bertz CT molecular complexity index is 439. The van der Waals surface area contributed by atoms with Gasteiger partial charge in [0.25, 0.3) is 0 Å². The maximum atomic E-state index is 9.38. The molecule has 1 aromatic rings. The minimum Gasteiger partial charge on any atom is -0.396 e. The molecule has 5 heteroatoms. The molecule has 1 atom stereocenters. The highest BCUT2D eigenvalue weighted by Crippen LogP contribution is 2.24. The van der Waals surface area contributed by atoms with Gasteiger partial charge in [0.15, 0.2) is 0 Å². The van der Waals surface area contributed by atoms with Gasteiger partial charge in [-0.15, -0.1) is 0 Å². The smallest absolute Gasteiger partial charge is 0.0521 e. The van der Waals surface area contributed by atoms with Gasteiger partial charge in [0.1, 0.15) is 0 Å². The molecule has 0 spiro atoms. The first-order chi connectivity index (χ1) is 10.3. The average molecular weight is 292 g/mol. The number of hydrogen-bond donors (Lipinski definition) is 1. The number of aliphatic hydroxyl groups is 1. The van der Waals surface area contributed by atoms with Gasteiger partial charge >= 0.3 is 0 Å². The molecular weight excluding hydrogens is 264 g/mol. The van der Waals surface area contributed by atoms with Crippen molar-refractivity contribution in [3.63, 3.8) is 0 Å². The fraction of sp³-hybridized carbons (Fsp3) is 0.812. The highest BCUT2D eigenvalue weighted by atomic mass is 16.3. The maximum absolute atomic E-state index is 9.38. The van der Waals surface area contributed by atoms with Gasteiger partial charge in [0.2, 0.25) is 0 Å². The van der Waals surface area contributed by atoms with E-state index in [2.05, 4.69) is 21.0 Å². The third-order valence-electron chi connectivity index (χ3n) is 5.19. The predicted molar refractivity (Wildman–Crippen MR) is 82.9 cm³/mol. The predicted octanol–water partition coefficient (Wildman–Crippen LogP) is 1.09. The second kappa shape index (κ2) is 6.90. The number of hydrogen-bond acceptors (Lipinski definition) is 4. The van der Waals surface area contributed by atoms with Crippen LogP contribution in [-0.4, -0.2) is 63.5 Å². The first kappa shape index (κ1) is 15.0. The third kappa shape index (κ3) is 3.65. The summed E-state index contributed by atoms with van der Waals surface area (Å²) in [5.74, 6) is 0.506. The van der Waals surface area contributed by atoms with E-state index in [-0.39, 0.29) is 0 Å². The molecule has 3 rings (SSSR count). The Morgan fingerprint density at radius 1 is 1.24 bits per heavy atom. The molecule has 118 valence electrons. The second-order valence-corrected chi connectivity index (χ2v) is 6.64. The molecule has 3 heterocycles. The van der Waals surface area contributed by atoms with Gasteiger partial charge in [-0.2, -0.15) is 5.10 Å². The maximum Gasteiger partial charge on any atom is 0.0521 e. The number of aromatic nitrogens is 2. The fourth-order valence-corrected chi connectivity index (χ4v) is 3.81. The molecule has 0 amide bonds. The third-order valence-corrected chi connectivity index (χ3v) is 5.19. The summed E-state index contributed by atoms with van der Waals surface area (Å²) in [6.45, 7) is 6.05. The summed E-state index contributed by atoms with van der Waals surface area (Å²) in [4.78, 5) is 5.17. The lowest BCUT2D eigenvalue weighted by Crippen LogP contribution is -2.48. The molecule has 2 fully saturated rings. The summed E-state index contributed by atoms with van der Waals surface area (Å²) in [5.41, 5.74) is 1.30. The summed E-state index contributed by atoms with van der Waals surface area (Å²) in [5, 5.41) is 13.6. The number of aliphatic hydroxyl groups excluding tert-OH is 1. The van der Waals surface area contributed by atoms with E-state index < -0.39 is 0 Å². The van der Waals surface area contributed by atoms with Crippen molar-refractivity contribution < 1.29 is 5.11 Å². The Labute approximate surface area is 127 Å². The van der Waals surface area contributed by atoms with Gasteiger partial charge in [0, 0.05) is 52.1 Å². The van der Waals surface area contributed by atoms with Gasteiger partial charge < -0.3 is 5.11 Å². The van der Waals surface area contributed by atoms with Crippen LogP contribution in [0, 0.1) is 5.92 Å². The van der Waals surface area contributed by atoms with Gasteiger partial charge in [0.05, 0.1) is 5.69 Å². The van der Waals surface area contributed by atoms with Crippen LogP contribution in [0.25, 0.3) is 0 Å². The lowest BCUT2D eigenvalue weighted by atomic mass is 9.94. The van der Waals surface area contributed by atoms with Crippen LogP contribution in [0.1, 0.15) is 31.4 Å². The molecule has 0 unspecified atom stereocenters. The van der Waals surface area contributed by atoms with E-state index >= 15 is 0 Å².